The van der Waals surface area contributed by atoms with Crippen LogP contribution >= 0.6 is 0 Å². The summed E-state index contributed by atoms with van der Waals surface area (Å²) in [6.07, 6.45) is 6.60. The Kier molecular flexibility index (Phi) is 2.98. The van der Waals surface area contributed by atoms with Crippen LogP contribution in [0, 0.1) is 0 Å². The average Bonchev–Trinajstić information content (AvgIpc) is 2.48. The zero-order chi connectivity index (χ0) is 13.1. The Labute approximate surface area is 110 Å². The predicted molar refractivity (Wildman–Crippen MR) is 71.8 cm³/mol. The number of hydrogen-bond acceptors (Lipinski definition) is 4. The minimum Gasteiger partial charge on any atom is -0.292 e. The zero-order valence-corrected chi connectivity index (χ0v) is 10.2. The fourth-order valence-corrected chi connectivity index (χ4v) is 2.02. The van der Waals surface area contributed by atoms with Crippen LogP contribution in [0.1, 0.15) is 16.1 Å². The molecule has 0 fully saturated rings. The first-order chi connectivity index (χ1) is 9.34. The van der Waals surface area contributed by atoms with Crippen molar-refractivity contribution in [2.75, 3.05) is 0 Å². The third-order valence-electron chi connectivity index (χ3n) is 2.94. The molecule has 0 aliphatic rings. The first-order valence-corrected chi connectivity index (χ1v) is 5.96. The summed E-state index contributed by atoms with van der Waals surface area (Å²) in [5.74, 6) is -0.0375. The van der Waals surface area contributed by atoms with Crippen LogP contribution < -0.4 is 0 Å². The maximum atomic E-state index is 12.1. The summed E-state index contributed by atoms with van der Waals surface area (Å²) >= 11 is 0. The van der Waals surface area contributed by atoms with Crippen LogP contribution in [-0.2, 0) is 6.42 Å². The van der Waals surface area contributed by atoms with Gasteiger partial charge in [0.25, 0.3) is 0 Å². The Morgan fingerprint density at radius 2 is 1.89 bits per heavy atom. The van der Waals surface area contributed by atoms with Crippen LogP contribution in [-0.4, -0.2) is 20.7 Å². The summed E-state index contributed by atoms with van der Waals surface area (Å²) in [5, 5.41) is 1.00. The third kappa shape index (κ3) is 2.33. The lowest BCUT2D eigenvalue weighted by atomic mass is 10.0. The van der Waals surface area contributed by atoms with Gasteiger partial charge in [0.15, 0.2) is 5.78 Å². The number of benzene rings is 1. The van der Waals surface area contributed by atoms with Crippen molar-refractivity contribution in [2.45, 2.75) is 6.42 Å². The number of fused-ring (bicyclic) bond motifs is 1. The van der Waals surface area contributed by atoms with Crippen LogP contribution in [0.15, 0.2) is 55.1 Å². The van der Waals surface area contributed by atoms with Gasteiger partial charge >= 0.3 is 0 Å². The van der Waals surface area contributed by atoms with Crippen molar-refractivity contribution in [1.82, 2.24) is 15.0 Å². The monoisotopic (exact) mass is 249 g/mol. The van der Waals surface area contributed by atoms with E-state index in [9.17, 15) is 4.79 Å². The van der Waals surface area contributed by atoms with Gasteiger partial charge in [-0.1, -0.05) is 18.2 Å². The van der Waals surface area contributed by atoms with Gasteiger partial charge in [-0.3, -0.25) is 14.8 Å². The topological polar surface area (TPSA) is 55.7 Å². The van der Waals surface area contributed by atoms with Crippen LogP contribution in [0.25, 0.3) is 10.9 Å². The Morgan fingerprint density at radius 1 is 1.00 bits per heavy atom. The van der Waals surface area contributed by atoms with Crippen molar-refractivity contribution in [3.8, 4) is 0 Å². The first-order valence-electron chi connectivity index (χ1n) is 5.96. The van der Waals surface area contributed by atoms with E-state index in [1.165, 1.54) is 12.4 Å². The minimum atomic E-state index is -0.0375. The van der Waals surface area contributed by atoms with Crippen molar-refractivity contribution < 1.29 is 4.79 Å². The number of carbonyl (C=O) groups excluding carboxylic acids is 1. The number of hydrogen-bond donors (Lipinski definition) is 0. The number of rotatable bonds is 3. The predicted octanol–water partition coefficient (Wildman–Crippen LogP) is 2.45. The van der Waals surface area contributed by atoms with E-state index in [0.717, 1.165) is 16.5 Å². The largest absolute Gasteiger partial charge is 0.292 e. The molecule has 0 aliphatic carbocycles. The highest BCUT2D eigenvalue weighted by atomic mass is 16.1. The molecule has 0 atom stereocenters. The second-order valence-electron chi connectivity index (χ2n) is 4.18. The lowest BCUT2D eigenvalue weighted by Gasteiger charge is -2.04. The van der Waals surface area contributed by atoms with Gasteiger partial charge in [0, 0.05) is 30.4 Å². The Balaban J connectivity index is 1.96. The van der Waals surface area contributed by atoms with E-state index >= 15 is 0 Å². The van der Waals surface area contributed by atoms with E-state index in [0.29, 0.717) is 12.1 Å². The highest BCUT2D eigenvalue weighted by molar-refractivity contribution is 5.98. The molecule has 0 saturated carbocycles. The first kappa shape index (κ1) is 11.5. The van der Waals surface area contributed by atoms with E-state index < -0.39 is 0 Å². The van der Waals surface area contributed by atoms with Crippen molar-refractivity contribution in [1.29, 1.82) is 0 Å². The molecule has 3 aromatic rings. The maximum Gasteiger partial charge on any atom is 0.187 e. The minimum absolute atomic E-state index is 0.0375. The number of carbonyl (C=O) groups is 1. The lowest BCUT2D eigenvalue weighted by molar-refractivity contribution is 0.0988. The summed E-state index contributed by atoms with van der Waals surface area (Å²) in [5.41, 5.74) is 2.25. The highest BCUT2D eigenvalue weighted by Gasteiger charge is 2.10. The van der Waals surface area contributed by atoms with Gasteiger partial charge in [-0.05, 0) is 17.7 Å². The molecule has 2 aromatic heterocycles. The number of pyridine rings is 1. The quantitative estimate of drug-likeness (QED) is 0.669. The summed E-state index contributed by atoms with van der Waals surface area (Å²) in [6.45, 7) is 0. The molecule has 0 bridgehead atoms. The normalized spacial score (nSPS) is 10.5. The Hall–Kier alpha value is -2.62. The van der Waals surface area contributed by atoms with E-state index in [1.54, 1.807) is 12.4 Å². The van der Waals surface area contributed by atoms with Crippen molar-refractivity contribution in [3.63, 3.8) is 0 Å². The van der Waals surface area contributed by atoms with Gasteiger partial charge < -0.3 is 0 Å². The molecular weight excluding hydrogens is 238 g/mol. The summed E-state index contributed by atoms with van der Waals surface area (Å²) in [7, 11) is 0. The Morgan fingerprint density at radius 3 is 2.74 bits per heavy atom. The molecule has 0 spiro atoms. The molecule has 0 aliphatic heterocycles. The van der Waals surface area contributed by atoms with Crippen LogP contribution in [0.3, 0.4) is 0 Å². The number of nitrogens with zero attached hydrogens (tertiary/aromatic N) is 3. The van der Waals surface area contributed by atoms with Gasteiger partial charge in [-0.15, -0.1) is 0 Å². The van der Waals surface area contributed by atoms with Gasteiger partial charge in [0.1, 0.15) is 5.69 Å². The van der Waals surface area contributed by atoms with Crippen LogP contribution in [0.5, 0.6) is 0 Å². The highest BCUT2D eigenvalue weighted by Crippen LogP contribution is 2.17. The number of aromatic nitrogens is 3. The zero-order valence-electron chi connectivity index (χ0n) is 10.2. The molecule has 0 N–H and O–H groups in total. The van der Waals surface area contributed by atoms with Crippen molar-refractivity contribution in [3.05, 3.63) is 66.4 Å². The molecule has 0 unspecified atom stereocenters. The summed E-state index contributed by atoms with van der Waals surface area (Å²) < 4.78 is 0. The standard InChI is InChI=1S/C15H11N3O/c19-15(14-10-16-7-8-18-14)9-11-5-6-17-13-4-2-1-3-12(11)13/h1-8,10H,9H2. The fourth-order valence-electron chi connectivity index (χ4n) is 2.02. The summed E-state index contributed by atoms with van der Waals surface area (Å²) in [6, 6.07) is 9.66. The van der Waals surface area contributed by atoms with Crippen molar-refractivity contribution in [2.24, 2.45) is 0 Å². The molecule has 1 aromatic carbocycles. The van der Waals surface area contributed by atoms with E-state index in [-0.39, 0.29) is 5.78 Å². The van der Waals surface area contributed by atoms with E-state index in [2.05, 4.69) is 15.0 Å². The molecule has 4 nitrogen and oxygen atoms in total. The SMILES string of the molecule is O=C(Cc1ccnc2ccccc12)c1cnccn1. The number of Topliss-reactive ketones (excluding diaryl/α,β-unsaturated/α-hetero) is 1. The van der Waals surface area contributed by atoms with Gasteiger partial charge in [0.2, 0.25) is 0 Å². The molecule has 3 rings (SSSR count). The van der Waals surface area contributed by atoms with E-state index in [1.807, 2.05) is 30.3 Å². The molecule has 0 saturated heterocycles. The Bertz CT molecular complexity index is 720. The fraction of sp³-hybridized carbons (Fsp3) is 0.0667. The number of para-hydroxylation sites is 1. The molecule has 0 radical (unpaired) electrons. The molecule has 19 heavy (non-hydrogen) atoms. The molecule has 0 amide bonds. The van der Waals surface area contributed by atoms with Crippen LogP contribution in [0.2, 0.25) is 0 Å². The lowest BCUT2D eigenvalue weighted by Crippen LogP contribution is -2.06. The van der Waals surface area contributed by atoms with Crippen molar-refractivity contribution >= 4 is 16.7 Å². The molecular formula is C15H11N3O. The van der Waals surface area contributed by atoms with Gasteiger partial charge in [-0.25, -0.2) is 4.98 Å². The molecule has 2 heterocycles. The molecule has 92 valence electrons. The van der Waals surface area contributed by atoms with Crippen LogP contribution in [0.4, 0.5) is 0 Å². The average molecular weight is 249 g/mol. The number of ketones is 1. The second-order valence-corrected chi connectivity index (χ2v) is 4.18. The van der Waals surface area contributed by atoms with Gasteiger partial charge in [-0.2, -0.15) is 0 Å². The smallest absolute Gasteiger partial charge is 0.187 e. The maximum absolute atomic E-state index is 12.1. The molecule has 4 heteroatoms. The van der Waals surface area contributed by atoms with Gasteiger partial charge in [0.05, 0.1) is 11.7 Å². The summed E-state index contributed by atoms with van der Waals surface area (Å²) in [4.78, 5) is 24.4. The third-order valence-corrected chi connectivity index (χ3v) is 2.94. The van der Waals surface area contributed by atoms with E-state index in [4.69, 9.17) is 0 Å². The second kappa shape index (κ2) is 4.94.